The highest BCUT2D eigenvalue weighted by Crippen LogP contribution is 2.42. The zero-order chi connectivity index (χ0) is 21.4. The molecule has 0 unspecified atom stereocenters. The van der Waals surface area contributed by atoms with Gasteiger partial charge in [0.2, 0.25) is 0 Å². The Bertz CT molecular complexity index is 1090. The van der Waals surface area contributed by atoms with Crippen LogP contribution in [0.3, 0.4) is 0 Å². The third-order valence-corrected chi connectivity index (χ3v) is 6.10. The number of hydrogen-bond donors (Lipinski definition) is 1. The van der Waals surface area contributed by atoms with Gasteiger partial charge in [-0.1, -0.05) is 0 Å². The molecule has 0 amide bonds. The van der Waals surface area contributed by atoms with E-state index < -0.39 is 0 Å². The van der Waals surface area contributed by atoms with E-state index in [1.54, 1.807) is 19.6 Å². The van der Waals surface area contributed by atoms with Crippen LogP contribution in [-0.4, -0.2) is 51.2 Å². The second-order valence-electron chi connectivity index (χ2n) is 7.97. The van der Waals surface area contributed by atoms with Gasteiger partial charge >= 0.3 is 0 Å². The van der Waals surface area contributed by atoms with E-state index in [1.807, 2.05) is 36.0 Å². The lowest BCUT2D eigenvalue weighted by atomic mass is 9.76. The van der Waals surface area contributed by atoms with Crippen molar-refractivity contribution < 1.29 is 14.6 Å². The summed E-state index contributed by atoms with van der Waals surface area (Å²) in [5.41, 5.74) is 5.36. The van der Waals surface area contributed by atoms with Gasteiger partial charge in [0, 0.05) is 36.1 Å². The maximum atomic E-state index is 10.3. The van der Waals surface area contributed by atoms with Gasteiger partial charge in [-0.15, -0.1) is 0 Å². The van der Waals surface area contributed by atoms with E-state index in [4.69, 9.17) is 14.5 Å². The largest absolute Gasteiger partial charge is 0.494 e. The minimum Gasteiger partial charge on any atom is -0.494 e. The van der Waals surface area contributed by atoms with Crippen molar-refractivity contribution in [2.45, 2.75) is 44.8 Å². The first-order chi connectivity index (χ1) is 15.2. The number of rotatable bonds is 5. The summed E-state index contributed by atoms with van der Waals surface area (Å²) < 4.78 is 13.4. The predicted octanol–water partition coefficient (Wildman–Crippen LogP) is 3.50. The molecule has 7 heteroatoms. The van der Waals surface area contributed by atoms with Gasteiger partial charge < -0.3 is 14.6 Å². The minimum atomic E-state index is -0.309. The van der Waals surface area contributed by atoms with Crippen molar-refractivity contribution in [2.24, 2.45) is 4.99 Å². The molecule has 0 aromatic carbocycles. The molecule has 1 saturated carbocycles. The molecule has 1 N–H and O–H groups in total. The molecule has 5 rings (SSSR count). The lowest BCUT2D eigenvalue weighted by Crippen LogP contribution is -2.31. The Balaban J connectivity index is 1.59. The summed E-state index contributed by atoms with van der Waals surface area (Å²) in [6, 6.07) is 4.12. The van der Waals surface area contributed by atoms with Crippen LogP contribution in [0.2, 0.25) is 0 Å². The van der Waals surface area contributed by atoms with E-state index in [-0.39, 0.29) is 12.1 Å². The number of hydrogen-bond acceptors (Lipinski definition) is 6. The number of dihydropyridines is 1. The first-order valence-corrected chi connectivity index (χ1v) is 10.7. The maximum absolute atomic E-state index is 10.3. The molecule has 7 nitrogen and oxygen atoms in total. The number of pyridine rings is 1. The minimum absolute atomic E-state index is 0.0887. The van der Waals surface area contributed by atoms with Gasteiger partial charge in [-0.2, -0.15) is 0 Å². The first kappa shape index (κ1) is 19.8. The summed E-state index contributed by atoms with van der Waals surface area (Å²) in [5.74, 6) is 2.38. The van der Waals surface area contributed by atoms with Gasteiger partial charge in [-0.3, -0.25) is 9.56 Å². The Morgan fingerprint density at radius 3 is 2.87 bits per heavy atom. The molecule has 0 saturated heterocycles. The van der Waals surface area contributed by atoms with Crippen molar-refractivity contribution in [3.05, 3.63) is 76.9 Å². The Morgan fingerprint density at radius 1 is 1.26 bits per heavy atom. The fourth-order valence-corrected chi connectivity index (χ4v) is 4.62. The molecule has 1 fully saturated rings. The topological polar surface area (TPSA) is 81.8 Å². The number of aliphatic hydroxyl groups is 1. The number of methoxy groups -OCH3 is 1. The molecule has 2 atom stereocenters. The average Bonchev–Trinajstić information content (AvgIpc) is 3.34. The summed E-state index contributed by atoms with van der Waals surface area (Å²) in [5, 5.41) is 10.3. The molecule has 2 aliphatic carbocycles. The molecule has 0 radical (unpaired) electrons. The van der Waals surface area contributed by atoms with E-state index >= 15 is 0 Å². The Labute approximate surface area is 181 Å². The molecule has 160 valence electrons. The zero-order valence-electron chi connectivity index (χ0n) is 17.8. The van der Waals surface area contributed by atoms with Gasteiger partial charge in [-0.25, -0.2) is 9.97 Å². The van der Waals surface area contributed by atoms with Crippen molar-refractivity contribution in [1.82, 2.24) is 14.5 Å². The highest BCUT2D eigenvalue weighted by atomic mass is 16.5. The standard InChI is InChI=1S/C24H26N4O3/c1-3-31-22-11-17-18-10-16(29)5-6-20(18)27-24(19(17)12-21(22)30-2)15-4-7-23(26-13-15)28-9-8-25-14-28/h4,7-9,12-14,16,20,29H,3,5-6,10-11H2,1-2H3/t16-,20-/m1/s1. The molecular formula is C24H26N4O3. The van der Waals surface area contributed by atoms with E-state index in [0.29, 0.717) is 19.4 Å². The van der Waals surface area contributed by atoms with Gasteiger partial charge in [-0.05, 0) is 55.5 Å². The molecule has 0 bridgehead atoms. The smallest absolute Gasteiger partial charge is 0.157 e. The highest BCUT2D eigenvalue weighted by molar-refractivity contribution is 6.16. The molecule has 3 aliphatic rings. The number of fused-ring (bicyclic) bond motifs is 2. The van der Waals surface area contributed by atoms with Gasteiger partial charge in [0.05, 0.1) is 31.6 Å². The average molecular weight is 418 g/mol. The molecule has 1 aliphatic heterocycles. The number of imidazole rings is 1. The maximum Gasteiger partial charge on any atom is 0.157 e. The Morgan fingerprint density at radius 2 is 2.16 bits per heavy atom. The summed E-state index contributed by atoms with van der Waals surface area (Å²) in [6.45, 7) is 2.56. The zero-order valence-corrected chi connectivity index (χ0v) is 17.8. The van der Waals surface area contributed by atoms with Crippen LogP contribution in [0, 0.1) is 0 Å². The third-order valence-electron chi connectivity index (χ3n) is 6.10. The third kappa shape index (κ3) is 3.59. The number of aliphatic hydroxyl groups excluding tert-OH is 1. The second-order valence-corrected chi connectivity index (χ2v) is 7.97. The van der Waals surface area contributed by atoms with E-state index in [2.05, 4.69) is 16.0 Å². The fraction of sp³-hybridized carbons (Fsp3) is 0.375. The molecule has 31 heavy (non-hydrogen) atoms. The normalized spacial score (nSPS) is 23.1. The molecule has 2 aromatic rings. The Hall–Kier alpha value is -3.19. The van der Waals surface area contributed by atoms with E-state index in [1.165, 1.54) is 11.1 Å². The number of aromatic nitrogens is 3. The van der Waals surface area contributed by atoms with Crippen molar-refractivity contribution in [2.75, 3.05) is 13.7 Å². The molecule has 3 heterocycles. The van der Waals surface area contributed by atoms with Gasteiger partial charge in [0.25, 0.3) is 0 Å². The number of nitrogens with zero attached hydrogens (tertiary/aromatic N) is 4. The van der Waals surface area contributed by atoms with E-state index in [0.717, 1.165) is 47.0 Å². The van der Waals surface area contributed by atoms with Crippen molar-refractivity contribution in [1.29, 1.82) is 0 Å². The summed E-state index contributed by atoms with van der Waals surface area (Å²) in [7, 11) is 1.66. The molecule has 2 aromatic heterocycles. The summed E-state index contributed by atoms with van der Waals surface area (Å²) >= 11 is 0. The van der Waals surface area contributed by atoms with Crippen molar-refractivity contribution in [3.8, 4) is 5.82 Å². The van der Waals surface area contributed by atoms with Crippen LogP contribution in [0.5, 0.6) is 0 Å². The van der Waals surface area contributed by atoms with Crippen molar-refractivity contribution >= 4 is 5.71 Å². The quantitative estimate of drug-likeness (QED) is 0.804. The predicted molar refractivity (Wildman–Crippen MR) is 117 cm³/mol. The van der Waals surface area contributed by atoms with Gasteiger partial charge in [0.1, 0.15) is 17.9 Å². The first-order valence-electron chi connectivity index (χ1n) is 10.7. The number of allylic oxidation sites excluding steroid dienone is 3. The van der Waals surface area contributed by atoms with Crippen LogP contribution in [0.1, 0.15) is 38.2 Å². The summed E-state index contributed by atoms with van der Waals surface area (Å²) in [6.07, 6.45) is 11.8. The van der Waals surface area contributed by atoms with Crippen LogP contribution in [0.25, 0.3) is 5.82 Å². The second kappa shape index (κ2) is 8.15. The molecule has 0 spiro atoms. The van der Waals surface area contributed by atoms with Crippen LogP contribution < -0.4 is 0 Å². The fourth-order valence-electron chi connectivity index (χ4n) is 4.62. The van der Waals surface area contributed by atoms with Crippen LogP contribution in [0.4, 0.5) is 0 Å². The van der Waals surface area contributed by atoms with Crippen molar-refractivity contribution in [3.63, 3.8) is 0 Å². The number of ether oxygens (including phenoxy) is 2. The van der Waals surface area contributed by atoms with Crippen LogP contribution in [0.15, 0.2) is 76.4 Å². The summed E-state index contributed by atoms with van der Waals surface area (Å²) in [4.78, 5) is 13.8. The SMILES string of the molecule is CCOC1=C(OC)C=C2C(c3ccc(-n4ccnc4)nc3)=N[C@@H]3CC[C@@H](O)CC3=C2C1. The van der Waals surface area contributed by atoms with Gasteiger partial charge in [0.15, 0.2) is 5.76 Å². The molecular weight excluding hydrogens is 392 g/mol. The van der Waals surface area contributed by atoms with Crippen LogP contribution >= 0.6 is 0 Å². The lowest BCUT2D eigenvalue weighted by molar-refractivity contribution is 0.143. The van der Waals surface area contributed by atoms with Crippen LogP contribution in [-0.2, 0) is 9.47 Å². The number of aliphatic imine (C=N–C) groups is 1. The Kier molecular flexibility index (Phi) is 5.19. The van der Waals surface area contributed by atoms with E-state index in [9.17, 15) is 5.11 Å². The highest BCUT2D eigenvalue weighted by Gasteiger charge is 2.36. The monoisotopic (exact) mass is 418 g/mol. The lowest BCUT2D eigenvalue weighted by Gasteiger charge is -2.36.